The van der Waals surface area contributed by atoms with Crippen LogP contribution in [0.3, 0.4) is 0 Å². The fourth-order valence-electron chi connectivity index (χ4n) is 2.25. The highest BCUT2D eigenvalue weighted by Gasteiger charge is 2.20. The fraction of sp³-hybridized carbons (Fsp3) is 0.714. The zero-order valence-electron chi connectivity index (χ0n) is 11.4. The van der Waals surface area contributed by atoms with E-state index in [2.05, 4.69) is 33.0 Å². The number of rotatable bonds is 4. The summed E-state index contributed by atoms with van der Waals surface area (Å²) in [7, 11) is 0. The maximum Gasteiger partial charge on any atom is 0.128 e. The van der Waals surface area contributed by atoms with E-state index >= 15 is 0 Å². The molecule has 1 N–H and O–H groups in total. The largest absolute Gasteiger partial charge is 0.307 e. The summed E-state index contributed by atoms with van der Waals surface area (Å²) in [4.78, 5) is 9.46. The van der Waals surface area contributed by atoms with Crippen LogP contribution in [0, 0.1) is 5.92 Å². The van der Waals surface area contributed by atoms with Gasteiger partial charge < -0.3 is 5.32 Å². The average Bonchev–Trinajstić information content (AvgIpc) is 2.72. The monoisotopic (exact) mass is 233 g/mol. The molecule has 0 atom stereocenters. The highest BCUT2D eigenvalue weighted by atomic mass is 15.0. The number of nitrogens with one attached hydrogen (secondary N) is 1. The topological polar surface area (TPSA) is 37.8 Å². The number of aromatic nitrogens is 2. The Morgan fingerprint density at radius 1 is 1.12 bits per heavy atom. The van der Waals surface area contributed by atoms with Crippen LogP contribution in [0.5, 0.6) is 0 Å². The van der Waals surface area contributed by atoms with Gasteiger partial charge in [-0.2, -0.15) is 0 Å². The first kappa shape index (κ1) is 12.5. The molecule has 3 nitrogen and oxygen atoms in total. The molecule has 2 heterocycles. The van der Waals surface area contributed by atoms with E-state index in [0.717, 1.165) is 25.3 Å². The Morgan fingerprint density at radius 2 is 1.88 bits per heavy atom. The normalized spacial score (nSPS) is 14.7. The van der Waals surface area contributed by atoms with Crippen molar-refractivity contribution in [3.05, 3.63) is 22.8 Å². The molecular formula is C14H23N3. The smallest absolute Gasteiger partial charge is 0.128 e. The van der Waals surface area contributed by atoms with Gasteiger partial charge in [-0.3, -0.25) is 0 Å². The van der Waals surface area contributed by atoms with E-state index in [-0.39, 0.29) is 0 Å². The van der Waals surface area contributed by atoms with Crippen molar-refractivity contribution < 1.29 is 0 Å². The standard InChI is InChI=1S/C14H23N3/c1-9(2)5-6-13-16-12-8-15-7-11(12)14(17-13)10(3)4/h9-10,15H,5-8H2,1-4H3. The molecule has 1 aromatic rings. The fourth-order valence-corrected chi connectivity index (χ4v) is 2.25. The average molecular weight is 233 g/mol. The van der Waals surface area contributed by atoms with Gasteiger partial charge in [0.25, 0.3) is 0 Å². The van der Waals surface area contributed by atoms with Crippen LogP contribution in [0.15, 0.2) is 0 Å². The molecule has 1 aliphatic heterocycles. The van der Waals surface area contributed by atoms with Crippen molar-refractivity contribution in [2.24, 2.45) is 5.92 Å². The molecule has 2 rings (SSSR count). The van der Waals surface area contributed by atoms with E-state index in [4.69, 9.17) is 9.97 Å². The predicted molar refractivity (Wildman–Crippen MR) is 69.8 cm³/mol. The number of hydrogen-bond donors (Lipinski definition) is 1. The molecule has 0 saturated carbocycles. The molecule has 1 aromatic heterocycles. The third-order valence-electron chi connectivity index (χ3n) is 3.26. The van der Waals surface area contributed by atoms with Gasteiger partial charge in [0.15, 0.2) is 0 Å². The van der Waals surface area contributed by atoms with Gasteiger partial charge >= 0.3 is 0 Å². The Hall–Kier alpha value is -0.960. The number of hydrogen-bond acceptors (Lipinski definition) is 3. The molecule has 94 valence electrons. The van der Waals surface area contributed by atoms with Crippen molar-refractivity contribution in [1.82, 2.24) is 15.3 Å². The minimum absolute atomic E-state index is 0.490. The lowest BCUT2D eigenvalue weighted by Gasteiger charge is -2.12. The van der Waals surface area contributed by atoms with E-state index in [1.54, 1.807) is 0 Å². The van der Waals surface area contributed by atoms with Crippen molar-refractivity contribution in [2.45, 2.75) is 59.5 Å². The number of aryl methyl sites for hydroxylation is 1. The Balaban J connectivity index is 2.26. The summed E-state index contributed by atoms with van der Waals surface area (Å²) in [5, 5.41) is 3.37. The molecular weight excluding hydrogens is 210 g/mol. The van der Waals surface area contributed by atoms with Crippen LogP contribution in [0.2, 0.25) is 0 Å². The first-order chi connectivity index (χ1) is 8.08. The van der Waals surface area contributed by atoms with Gasteiger partial charge in [0.1, 0.15) is 5.82 Å². The minimum atomic E-state index is 0.490. The molecule has 3 heteroatoms. The number of fused-ring (bicyclic) bond motifs is 1. The summed E-state index contributed by atoms with van der Waals surface area (Å²) in [5.41, 5.74) is 3.81. The van der Waals surface area contributed by atoms with Crippen molar-refractivity contribution in [1.29, 1.82) is 0 Å². The van der Waals surface area contributed by atoms with Crippen LogP contribution in [-0.2, 0) is 19.5 Å². The number of nitrogens with zero attached hydrogens (tertiary/aromatic N) is 2. The molecule has 0 aromatic carbocycles. The van der Waals surface area contributed by atoms with Crippen molar-refractivity contribution in [3.8, 4) is 0 Å². The maximum absolute atomic E-state index is 4.76. The van der Waals surface area contributed by atoms with Crippen LogP contribution in [0.1, 0.15) is 62.8 Å². The van der Waals surface area contributed by atoms with Crippen LogP contribution in [-0.4, -0.2) is 9.97 Å². The lowest BCUT2D eigenvalue weighted by Crippen LogP contribution is -2.08. The second-order valence-corrected chi connectivity index (χ2v) is 5.64. The zero-order valence-corrected chi connectivity index (χ0v) is 11.4. The highest BCUT2D eigenvalue weighted by Crippen LogP contribution is 2.23. The van der Waals surface area contributed by atoms with E-state index in [1.165, 1.54) is 23.4 Å². The third kappa shape index (κ3) is 2.83. The SMILES string of the molecule is CC(C)CCc1nc2c(c(C(C)C)n1)CNC2. The molecule has 0 radical (unpaired) electrons. The highest BCUT2D eigenvalue weighted by molar-refractivity contribution is 5.31. The van der Waals surface area contributed by atoms with E-state index in [1.807, 2.05) is 0 Å². The quantitative estimate of drug-likeness (QED) is 0.869. The Kier molecular flexibility index (Phi) is 3.77. The lowest BCUT2D eigenvalue weighted by atomic mass is 10.0. The van der Waals surface area contributed by atoms with E-state index in [0.29, 0.717) is 11.8 Å². The molecule has 0 spiro atoms. The van der Waals surface area contributed by atoms with Gasteiger partial charge in [0.2, 0.25) is 0 Å². The molecule has 0 aliphatic carbocycles. The minimum Gasteiger partial charge on any atom is -0.307 e. The molecule has 0 fully saturated rings. The molecule has 0 bridgehead atoms. The third-order valence-corrected chi connectivity index (χ3v) is 3.26. The van der Waals surface area contributed by atoms with Crippen molar-refractivity contribution >= 4 is 0 Å². The van der Waals surface area contributed by atoms with E-state index < -0.39 is 0 Å². The zero-order chi connectivity index (χ0) is 12.4. The maximum atomic E-state index is 4.76. The first-order valence-electron chi connectivity index (χ1n) is 6.67. The van der Waals surface area contributed by atoms with Gasteiger partial charge in [-0.05, 0) is 18.3 Å². The van der Waals surface area contributed by atoms with Gasteiger partial charge in [-0.25, -0.2) is 9.97 Å². The molecule has 1 aliphatic rings. The van der Waals surface area contributed by atoms with Crippen LogP contribution < -0.4 is 5.32 Å². The molecule has 0 saturated heterocycles. The Bertz CT molecular complexity index is 397. The Labute approximate surface area is 104 Å². The summed E-state index contributed by atoms with van der Waals surface area (Å²) in [6.07, 6.45) is 2.18. The summed E-state index contributed by atoms with van der Waals surface area (Å²) < 4.78 is 0. The molecule has 0 amide bonds. The summed E-state index contributed by atoms with van der Waals surface area (Å²) >= 11 is 0. The summed E-state index contributed by atoms with van der Waals surface area (Å²) in [6.45, 7) is 10.8. The lowest BCUT2D eigenvalue weighted by molar-refractivity contribution is 0.570. The van der Waals surface area contributed by atoms with Gasteiger partial charge in [-0.15, -0.1) is 0 Å². The second-order valence-electron chi connectivity index (χ2n) is 5.64. The van der Waals surface area contributed by atoms with Crippen LogP contribution >= 0.6 is 0 Å². The van der Waals surface area contributed by atoms with Crippen LogP contribution in [0.4, 0.5) is 0 Å². The molecule has 0 unspecified atom stereocenters. The van der Waals surface area contributed by atoms with Crippen molar-refractivity contribution in [3.63, 3.8) is 0 Å². The van der Waals surface area contributed by atoms with Gasteiger partial charge in [0, 0.05) is 25.1 Å². The van der Waals surface area contributed by atoms with Gasteiger partial charge in [0.05, 0.1) is 11.4 Å². The predicted octanol–water partition coefficient (Wildman–Crippen LogP) is 2.79. The summed E-state index contributed by atoms with van der Waals surface area (Å²) in [5.74, 6) is 2.24. The first-order valence-corrected chi connectivity index (χ1v) is 6.67. The second kappa shape index (κ2) is 5.13. The van der Waals surface area contributed by atoms with Crippen LogP contribution in [0.25, 0.3) is 0 Å². The summed E-state index contributed by atoms with van der Waals surface area (Å²) in [6, 6.07) is 0. The molecule has 17 heavy (non-hydrogen) atoms. The Morgan fingerprint density at radius 3 is 2.53 bits per heavy atom. The van der Waals surface area contributed by atoms with Crippen molar-refractivity contribution in [2.75, 3.05) is 0 Å². The van der Waals surface area contributed by atoms with E-state index in [9.17, 15) is 0 Å². The van der Waals surface area contributed by atoms with Gasteiger partial charge in [-0.1, -0.05) is 27.7 Å².